The second-order valence-electron chi connectivity index (χ2n) is 6.89. The molecule has 1 N–H and O–H groups in total. The molecule has 1 aliphatic heterocycles. The molecule has 3 aromatic rings. The highest BCUT2D eigenvalue weighted by molar-refractivity contribution is 6.03. The van der Waals surface area contributed by atoms with E-state index in [-0.39, 0.29) is 17.7 Å². The van der Waals surface area contributed by atoms with Crippen LogP contribution in [0.3, 0.4) is 0 Å². The molecular weight excluding hydrogens is 342 g/mol. The molecule has 1 aromatic carbocycles. The van der Waals surface area contributed by atoms with Crippen LogP contribution in [0, 0.1) is 12.8 Å². The van der Waals surface area contributed by atoms with Crippen LogP contribution in [0.1, 0.15) is 29.0 Å². The molecule has 0 aliphatic carbocycles. The number of rotatable bonds is 3. The zero-order chi connectivity index (χ0) is 18.8. The van der Waals surface area contributed by atoms with E-state index in [1.807, 2.05) is 31.2 Å². The summed E-state index contributed by atoms with van der Waals surface area (Å²) in [7, 11) is 0. The standard InChI is InChI=1S/C21H21N3O3/c1-14-8-9-17(16-6-2-10-22-19(14)16)23-20(25)15-5-3-11-24(13-15)21(26)18-7-4-12-27-18/h2,4,6-10,12,15H,3,5,11,13H2,1H3,(H,23,25)/t15-/m0/s1. The zero-order valence-electron chi connectivity index (χ0n) is 15.1. The van der Waals surface area contributed by atoms with Gasteiger partial charge in [-0.2, -0.15) is 0 Å². The summed E-state index contributed by atoms with van der Waals surface area (Å²) >= 11 is 0. The van der Waals surface area contributed by atoms with Gasteiger partial charge in [0, 0.05) is 24.7 Å². The smallest absolute Gasteiger partial charge is 0.289 e. The summed E-state index contributed by atoms with van der Waals surface area (Å²) < 4.78 is 5.20. The SMILES string of the molecule is Cc1ccc(NC(=O)[C@H]2CCCN(C(=O)c3ccco3)C2)c2cccnc12. The van der Waals surface area contributed by atoms with Crippen LogP contribution >= 0.6 is 0 Å². The van der Waals surface area contributed by atoms with Crippen LogP contribution in [-0.2, 0) is 4.79 Å². The summed E-state index contributed by atoms with van der Waals surface area (Å²) in [6, 6.07) is 11.0. The molecule has 0 saturated carbocycles. The fourth-order valence-corrected chi connectivity index (χ4v) is 3.59. The summed E-state index contributed by atoms with van der Waals surface area (Å²) in [5.74, 6) is -0.166. The van der Waals surface area contributed by atoms with Gasteiger partial charge in [-0.15, -0.1) is 0 Å². The number of furan rings is 1. The molecule has 4 rings (SSSR count). The Labute approximate surface area is 157 Å². The highest BCUT2D eigenvalue weighted by Crippen LogP contribution is 2.26. The van der Waals surface area contributed by atoms with Crippen LogP contribution in [0.25, 0.3) is 10.9 Å². The number of aryl methyl sites for hydroxylation is 1. The van der Waals surface area contributed by atoms with Crippen LogP contribution in [0.4, 0.5) is 5.69 Å². The van der Waals surface area contributed by atoms with Gasteiger partial charge in [0.15, 0.2) is 5.76 Å². The lowest BCUT2D eigenvalue weighted by Gasteiger charge is -2.31. The lowest BCUT2D eigenvalue weighted by Crippen LogP contribution is -2.43. The lowest BCUT2D eigenvalue weighted by molar-refractivity contribution is -0.121. The van der Waals surface area contributed by atoms with Gasteiger partial charge in [-0.25, -0.2) is 0 Å². The van der Waals surface area contributed by atoms with E-state index >= 15 is 0 Å². The van der Waals surface area contributed by atoms with Crippen molar-refractivity contribution in [3.8, 4) is 0 Å². The number of amides is 2. The topological polar surface area (TPSA) is 75.4 Å². The molecule has 6 heteroatoms. The Balaban J connectivity index is 1.50. The fraction of sp³-hybridized carbons (Fsp3) is 0.286. The van der Waals surface area contributed by atoms with Crippen molar-refractivity contribution in [2.45, 2.75) is 19.8 Å². The number of pyridine rings is 1. The predicted octanol–water partition coefficient (Wildman–Crippen LogP) is 3.63. The number of piperidine rings is 1. The van der Waals surface area contributed by atoms with Gasteiger partial charge in [-0.05, 0) is 55.7 Å². The first kappa shape index (κ1) is 17.3. The van der Waals surface area contributed by atoms with Crippen molar-refractivity contribution < 1.29 is 14.0 Å². The van der Waals surface area contributed by atoms with E-state index in [4.69, 9.17) is 4.42 Å². The second kappa shape index (κ2) is 7.23. The largest absolute Gasteiger partial charge is 0.459 e. The third-order valence-corrected chi connectivity index (χ3v) is 5.04. The Bertz CT molecular complexity index is 982. The van der Waals surface area contributed by atoms with Crippen LogP contribution in [0.5, 0.6) is 0 Å². The van der Waals surface area contributed by atoms with E-state index in [0.29, 0.717) is 18.8 Å². The molecule has 2 amide bonds. The first-order valence-electron chi connectivity index (χ1n) is 9.11. The molecule has 1 saturated heterocycles. The van der Waals surface area contributed by atoms with Gasteiger partial charge in [0.25, 0.3) is 5.91 Å². The molecular formula is C21H21N3O3. The number of nitrogens with one attached hydrogen (secondary N) is 1. The highest BCUT2D eigenvalue weighted by Gasteiger charge is 2.30. The van der Waals surface area contributed by atoms with Crippen molar-refractivity contribution in [1.29, 1.82) is 0 Å². The molecule has 3 heterocycles. The average molecular weight is 363 g/mol. The van der Waals surface area contributed by atoms with Crippen LogP contribution in [0.2, 0.25) is 0 Å². The molecule has 1 fully saturated rings. The quantitative estimate of drug-likeness (QED) is 0.771. The Morgan fingerprint density at radius 3 is 2.93 bits per heavy atom. The molecule has 0 spiro atoms. The van der Waals surface area contributed by atoms with Crippen LogP contribution < -0.4 is 5.32 Å². The number of anilines is 1. The summed E-state index contributed by atoms with van der Waals surface area (Å²) in [6.07, 6.45) is 4.79. The minimum absolute atomic E-state index is 0.0686. The van der Waals surface area contributed by atoms with E-state index in [9.17, 15) is 9.59 Å². The Morgan fingerprint density at radius 2 is 2.11 bits per heavy atom. The molecule has 0 radical (unpaired) electrons. The van der Waals surface area contributed by atoms with Gasteiger partial charge in [0.1, 0.15) is 0 Å². The van der Waals surface area contributed by atoms with Crippen LogP contribution in [0.15, 0.2) is 53.3 Å². The number of fused-ring (bicyclic) bond motifs is 1. The van der Waals surface area contributed by atoms with Crippen molar-refractivity contribution >= 4 is 28.4 Å². The number of hydrogen-bond donors (Lipinski definition) is 1. The molecule has 138 valence electrons. The number of aromatic nitrogens is 1. The Morgan fingerprint density at radius 1 is 1.22 bits per heavy atom. The second-order valence-corrected chi connectivity index (χ2v) is 6.89. The number of hydrogen-bond acceptors (Lipinski definition) is 4. The van der Waals surface area contributed by atoms with Gasteiger partial charge in [-0.3, -0.25) is 14.6 Å². The summed E-state index contributed by atoms with van der Waals surface area (Å²) in [5, 5.41) is 3.96. The third kappa shape index (κ3) is 3.43. The number of nitrogens with zero attached hydrogens (tertiary/aromatic N) is 2. The van der Waals surface area contributed by atoms with E-state index in [1.165, 1.54) is 6.26 Å². The normalized spacial score (nSPS) is 17.1. The summed E-state index contributed by atoms with van der Waals surface area (Å²) in [5.41, 5.74) is 2.70. The van der Waals surface area contributed by atoms with Gasteiger partial charge in [0.05, 0.1) is 23.4 Å². The average Bonchev–Trinajstić information content (AvgIpc) is 3.24. The molecule has 6 nitrogen and oxygen atoms in total. The third-order valence-electron chi connectivity index (χ3n) is 5.04. The molecule has 27 heavy (non-hydrogen) atoms. The van der Waals surface area contributed by atoms with Crippen molar-refractivity contribution in [2.24, 2.45) is 5.92 Å². The Hall–Kier alpha value is -3.15. The van der Waals surface area contributed by atoms with Gasteiger partial charge >= 0.3 is 0 Å². The van der Waals surface area contributed by atoms with Gasteiger partial charge in [-0.1, -0.05) is 6.07 Å². The highest BCUT2D eigenvalue weighted by atomic mass is 16.3. The van der Waals surface area contributed by atoms with E-state index in [1.54, 1.807) is 23.2 Å². The first-order chi connectivity index (χ1) is 13.1. The van der Waals surface area contributed by atoms with Gasteiger partial charge < -0.3 is 14.6 Å². The molecule has 0 bridgehead atoms. The van der Waals surface area contributed by atoms with E-state index < -0.39 is 0 Å². The van der Waals surface area contributed by atoms with E-state index in [0.717, 1.165) is 35.0 Å². The minimum Gasteiger partial charge on any atom is -0.459 e. The first-order valence-corrected chi connectivity index (χ1v) is 9.11. The van der Waals surface area contributed by atoms with Crippen molar-refractivity contribution in [1.82, 2.24) is 9.88 Å². The molecule has 2 aromatic heterocycles. The van der Waals surface area contributed by atoms with Crippen molar-refractivity contribution in [3.63, 3.8) is 0 Å². The maximum atomic E-state index is 12.9. The van der Waals surface area contributed by atoms with Gasteiger partial charge in [0.2, 0.25) is 5.91 Å². The maximum absolute atomic E-state index is 12.9. The summed E-state index contributed by atoms with van der Waals surface area (Å²) in [6.45, 7) is 3.04. The fourth-order valence-electron chi connectivity index (χ4n) is 3.59. The van der Waals surface area contributed by atoms with Crippen molar-refractivity contribution in [2.75, 3.05) is 18.4 Å². The Kier molecular flexibility index (Phi) is 4.62. The predicted molar refractivity (Wildman–Crippen MR) is 102 cm³/mol. The molecule has 1 atom stereocenters. The number of benzene rings is 1. The monoisotopic (exact) mass is 363 g/mol. The number of likely N-dealkylation sites (tertiary alicyclic amines) is 1. The number of carbonyl (C=O) groups is 2. The van der Waals surface area contributed by atoms with E-state index in [2.05, 4.69) is 10.3 Å². The molecule has 1 aliphatic rings. The number of carbonyl (C=O) groups excluding carboxylic acids is 2. The summed E-state index contributed by atoms with van der Waals surface area (Å²) in [4.78, 5) is 31.5. The maximum Gasteiger partial charge on any atom is 0.289 e. The molecule has 0 unspecified atom stereocenters. The zero-order valence-corrected chi connectivity index (χ0v) is 15.1. The minimum atomic E-state index is -0.245. The van der Waals surface area contributed by atoms with Crippen LogP contribution in [-0.4, -0.2) is 34.8 Å². The van der Waals surface area contributed by atoms with Crippen molar-refractivity contribution in [3.05, 3.63) is 60.2 Å². The lowest BCUT2D eigenvalue weighted by atomic mass is 9.96.